The van der Waals surface area contributed by atoms with E-state index in [2.05, 4.69) is 5.32 Å². The molecule has 0 aromatic heterocycles. The van der Waals surface area contributed by atoms with Crippen LogP contribution in [0.4, 0.5) is 13.2 Å². The number of allylic oxidation sites excluding steroid dienone is 3. The summed E-state index contributed by atoms with van der Waals surface area (Å²) in [5.74, 6) is 0.311. The predicted octanol–water partition coefficient (Wildman–Crippen LogP) is 3.76. The summed E-state index contributed by atoms with van der Waals surface area (Å²) >= 11 is 6.42. The van der Waals surface area contributed by atoms with E-state index in [-0.39, 0.29) is 10.8 Å². The van der Waals surface area contributed by atoms with Crippen molar-refractivity contribution in [2.24, 2.45) is 0 Å². The molecule has 1 aromatic carbocycles. The van der Waals surface area contributed by atoms with Crippen molar-refractivity contribution in [1.82, 2.24) is 10.2 Å². The molecule has 0 spiro atoms. The number of hydrogen-bond donors (Lipinski definition) is 2. The summed E-state index contributed by atoms with van der Waals surface area (Å²) in [6.45, 7) is 3.42. The fourth-order valence-corrected chi connectivity index (χ4v) is 3.90. The molecule has 0 fully saturated rings. The van der Waals surface area contributed by atoms with Crippen LogP contribution in [0.25, 0.3) is 0 Å². The van der Waals surface area contributed by atoms with Gasteiger partial charge in [-0.05, 0) is 43.2 Å². The lowest BCUT2D eigenvalue weighted by Crippen LogP contribution is -2.40. The van der Waals surface area contributed by atoms with Crippen molar-refractivity contribution in [2.45, 2.75) is 32.5 Å². The zero-order valence-electron chi connectivity index (χ0n) is 16.8. The Bertz CT molecular complexity index is 857. The van der Waals surface area contributed by atoms with Gasteiger partial charge >= 0.3 is 6.18 Å². The minimum Gasteiger partial charge on any atom is -0.492 e. The number of nitrogens with zero attached hydrogens (tertiary/aromatic N) is 1. The van der Waals surface area contributed by atoms with E-state index in [0.29, 0.717) is 31.0 Å². The van der Waals surface area contributed by atoms with Crippen molar-refractivity contribution in [3.05, 3.63) is 45.6 Å². The second-order valence-electron chi connectivity index (χ2n) is 7.18. The molecule has 10 heteroatoms. The molecule has 30 heavy (non-hydrogen) atoms. The molecule has 166 valence electrons. The van der Waals surface area contributed by atoms with Crippen molar-refractivity contribution in [3.8, 4) is 11.5 Å². The zero-order chi connectivity index (χ0) is 22.1. The Hall–Kier alpha value is -1.94. The van der Waals surface area contributed by atoms with Crippen LogP contribution in [-0.4, -0.2) is 55.8 Å². The van der Waals surface area contributed by atoms with E-state index in [0.717, 1.165) is 16.8 Å². The summed E-state index contributed by atoms with van der Waals surface area (Å²) in [6.07, 6.45) is -4.11. The smallest absolute Gasteiger partial charge is 0.422 e. The Morgan fingerprint density at radius 3 is 2.70 bits per heavy atom. The number of aliphatic hydroxyl groups excluding tert-OH is 1. The van der Waals surface area contributed by atoms with Crippen LogP contribution in [0.2, 0.25) is 5.02 Å². The average molecular weight is 449 g/mol. The minimum absolute atomic E-state index is 0.000686. The van der Waals surface area contributed by atoms with Gasteiger partial charge in [0, 0.05) is 25.9 Å². The lowest BCUT2D eigenvalue weighted by atomic mass is 10.0. The standard InChI is InChI=1S/C20H24ClF3N2O4/c1-11-8-12(2)25-18(27)13(11)9-26-6-7-29-14-4-5-15(30-10-20(22,23)24)17(21)16(14)19(26)28-3/h4-5,8,18-19,25,27H,6-7,9-10H2,1-3H3. The van der Waals surface area contributed by atoms with E-state index in [9.17, 15) is 18.3 Å². The van der Waals surface area contributed by atoms with Gasteiger partial charge in [-0.2, -0.15) is 13.2 Å². The first kappa shape index (κ1) is 22.7. The predicted molar refractivity (Wildman–Crippen MR) is 105 cm³/mol. The van der Waals surface area contributed by atoms with Crippen LogP contribution in [0.5, 0.6) is 11.5 Å². The SMILES string of the molecule is COC1c2c(ccc(OCC(F)(F)F)c2Cl)OCCN1CC1=C(C)C=C(C)NC1O. The summed E-state index contributed by atoms with van der Waals surface area (Å²) < 4.78 is 54.0. The van der Waals surface area contributed by atoms with Gasteiger partial charge in [0.15, 0.2) is 6.61 Å². The van der Waals surface area contributed by atoms with Gasteiger partial charge < -0.3 is 24.6 Å². The molecule has 2 N–H and O–H groups in total. The number of ether oxygens (including phenoxy) is 3. The van der Waals surface area contributed by atoms with Crippen molar-refractivity contribution in [1.29, 1.82) is 0 Å². The average Bonchev–Trinajstić information content (AvgIpc) is 2.82. The van der Waals surface area contributed by atoms with Gasteiger partial charge in [0.25, 0.3) is 0 Å². The molecule has 2 aliphatic rings. The van der Waals surface area contributed by atoms with Crippen LogP contribution < -0.4 is 14.8 Å². The minimum atomic E-state index is -4.49. The summed E-state index contributed by atoms with van der Waals surface area (Å²) in [5.41, 5.74) is 2.92. The number of halogens is 4. The molecule has 0 amide bonds. The number of dihydropyridines is 1. The van der Waals surface area contributed by atoms with Crippen molar-refractivity contribution >= 4 is 11.6 Å². The summed E-state index contributed by atoms with van der Waals surface area (Å²) in [5, 5.41) is 13.4. The van der Waals surface area contributed by atoms with Crippen LogP contribution in [0.3, 0.4) is 0 Å². The highest BCUT2D eigenvalue weighted by Gasteiger charge is 2.34. The summed E-state index contributed by atoms with van der Waals surface area (Å²) in [4.78, 5) is 1.91. The normalized spacial score (nSPS) is 22.6. The van der Waals surface area contributed by atoms with Crippen LogP contribution in [0, 0.1) is 0 Å². The van der Waals surface area contributed by atoms with Crippen LogP contribution in [0.1, 0.15) is 25.6 Å². The molecular weight excluding hydrogens is 425 g/mol. The number of methoxy groups -OCH3 is 1. The molecule has 3 rings (SSSR count). The fourth-order valence-electron chi connectivity index (χ4n) is 3.59. The highest BCUT2D eigenvalue weighted by molar-refractivity contribution is 6.33. The molecule has 2 heterocycles. The lowest BCUT2D eigenvalue weighted by Gasteiger charge is -2.33. The molecule has 2 atom stereocenters. The van der Waals surface area contributed by atoms with E-state index in [4.69, 9.17) is 25.8 Å². The molecule has 2 aliphatic heterocycles. The van der Waals surface area contributed by atoms with Gasteiger partial charge in [0.2, 0.25) is 0 Å². The van der Waals surface area contributed by atoms with E-state index < -0.39 is 25.2 Å². The molecule has 0 bridgehead atoms. The second kappa shape index (κ2) is 9.05. The monoisotopic (exact) mass is 448 g/mol. The van der Waals surface area contributed by atoms with Crippen molar-refractivity contribution in [2.75, 3.05) is 33.4 Å². The van der Waals surface area contributed by atoms with Crippen molar-refractivity contribution in [3.63, 3.8) is 0 Å². The van der Waals surface area contributed by atoms with E-state index in [1.807, 2.05) is 24.8 Å². The molecule has 0 saturated heterocycles. The van der Waals surface area contributed by atoms with Crippen molar-refractivity contribution < 1.29 is 32.5 Å². The Labute approximate surface area is 177 Å². The fraction of sp³-hybridized carbons (Fsp3) is 0.500. The largest absolute Gasteiger partial charge is 0.492 e. The van der Waals surface area contributed by atoms with E-state index >= 15 is 0 Å². The highest BCUT2D eigenvalue weighted by Crippen LogP contribution is 2.43. The molecule has 6 nitrogen and oxygen atoms in total. The maximum Gasteiger partial charge on any atom is 0.422 e. The molecule has 0 saturated carbocycles. The van der Waals surface area contributed by atoms with E-state index in [1.165, 1.54) is 19.2 Å². The number of nitrogens with one attached hydrogen (secondary N) is 1. The quantitative estimate of drug-likeness (QED) is 0.715. The number of rotatable bonds is 5. The molecule has 0 aliphatic carbocycles. The van der Waals surface area contributed by atoms with Gasteiger partial charge in [-0.1, -0.05) is 11.6 Å². The Morgan fingerprint density at radius 1 is 1.33 bits per heavy atom. The van der Waals surface area contributed by atoms with Gasteiger partial charge in [-0.3, -0.25) is 4.90 Å². The second-order valence-corrected chi connectivity index (χ2v) is 7.56. The first-order valence-electron chi connectivity index (χ1n) is 9.35. The third kappa shape index (κ3) is 5.03. The molecule has 0 radical (unpaired) electrons. The van der Waals surface area contributed by atoms with Crippen LogP contribution in [0.15, 0.2) is 35.1 Å². The Kier molecular flexibility index (Phi) is 6.86. The lowest BCUT2D eigenvalue weighted by molar-refractivity contribution is -0.153. The van der Waals surface area contributed by atoms with Gasteiger partial charge in [0.1, 0.15) is 30.6 Å². The number of fused-ring (bicyclic) bond motifs is 1. The third-order valence-electron chi connectivity index (χ3n) is 4.94. The maximum atomic E-state index is 12.6. The maximum absolute atomic E-state index is 12.6. The van der Waals surface area contributed by atoms with Gasteiger partial charge in [0.05, 0.1) is 10.6 Å². The summed E-state index contributed by atoms with van der Waals surface area (Å²) in [6, 6.07) is 2.88. The summed E-state index contributed by atoms with van der Waals surface area (Å²) in [7, 11) is 1.48. The highest BCUT2D eigenvalue weighted by atomic mass is 35.5. The molecule has 2 unspecified atom stereocenters. The number of alkyl halides is 3. The number of aliphatic hydroxyl groups is 1. The zero-order valence-corrected chi connectivity index (χ0v) is 17.6. The Morgan fingerprint density at radius 2 is 2.07 bits per heavy atom. The van der Waals surface area contributed by atoms with E-state index in [1.54, 1.807) is 0 Å². The molecule has 1 aromatic rings. The van der Waals surface area contributed by atoms with Crippen LogP contribution >= 0.6 is 11.6 Å². The van der Waals surface area contributed by atoms with Crippen LogP contribution in [-0.2, 0) is 4.74 Å². The topological polar surface area (TPSA) is 63.2 Å². The first-order chi connectivity index (χ1) is 14.1. The third-order valence-corrected chi connectivity index (χ3v) is 5.33. The first-order valence-corrected chi connectivity index (χ1v) is 9.72. The van der Waals surface area contributed by atoms with Gasteiger partial charge in [-0.15, -0.1) is 0 Å². The number of benzene rings is 1. The Balaban J connectivity index is 1.93. The van der Waals surface area contributed by atoms with Gasteiger partial charge in [-0.25, -0.2) is 0 Å². The number of hydrogen-bond acceptors (Lipinski definition) is 6. The molecular formula is C20H24ClF3N2O4.